The van der Waals surface area contributed by atoms with E-state index < -0.39 is 0 Å². The van der Waals surface area contributed by atoms with E-state index in [2.05, 4.69) is 4.98 Å². The number of piperidine rings is 1. The number of fused-ring (bicyclic) bond motifs is 2. The zero-order valence-corrected chi connectivity index (χ0v) is 9.30. The number of hydrogen-bond acceptors (Lipinski definition) is 4. The molecule has 2 N–H and O–H groups in total. The molecule has 1 saturated carbocycles. The van der Waals surface area contributed by atoms with Crippen LogP contribution < -0.4 is 10.6 Å². The maximum absolute atomic E-state index is 12.2. The predicted octanol–water partition coefficient (Wildman–Crippen LogP) is 0.953. The number of nitrogen functional groups attached to an aromatic ring is 1. The number of carbonyl (C=O) groups is 2. The van der Waals surface area contributed by atoms with Gasteiger partial charge in [-0.25, -0.2) is 9.88 Å². The van der Waals surface area contributed by atoms with Crippen LogP contribution in [0.3, 0.4) is 0 Å². The Labute approximate surface area is 98.6 Å². The van der Waals surface area contributed by atoms with Crippen molar-refractivity contribution in [3.05, 3.63) is 18.3 Å². The molecular weight excluding hydrogens is 218 g/mol. The number of aromatic nitrogens is 1. The molecule has 3 rings (SSSR count). The molecule has 2 aliphatic rings. The van der Waals surface area contributed by atoms with E-state index in [-0.39, 0.29) is 23.7 Å². The lowest BCUT2D eigenvalue weighted by atomic mass is 9.97. The number of rotatable bonds is 1. The van der Waals surface area contributed by atoms with Gasteiger partial charge in [-0.2, -0.15) is 0 Å². The molecular formula is C12H13N3O2. The van der Waals surface area contributed by atoms with E-state index >= 15 is 0 Å². The quantitative estimate of drug-likeness (QED) is 0.730. The van der Waals surface area contributed by atoms with Crippen LogP contribution in [0.5, 0.6) is 0 Å². The minimum Gasteiger partial charge on any atom is -0.396 e. The number of hydrogen-bond donors (Lipinski definition) is 1. The van der Waals surface area contributed by atoms with Gasteiger partial charge in [0.15, 0.2) is 5.82 Å². The highest BCUT2D eigenvalue weighted by Crippen LogP contribution is 2.40. The van der Waals surface area contributed by atoms with E-state index in [1.165, 1.54) is 4.90 Å². The third kappa shape index (κ3) is 1.42. The monoisotopic (exact) mass is 231 g/mol. The van der Waals surface area contributed by atoms with Gasteiger partial charge in [0.1, 0.15) is 0 Å². The summed E-state index contributed by atoms with van der Waals surface area (Å²) in [4.78, 5) is 29.6. The molecule has 0 radical (unpaired) electrons. The molecule has 2 atom stereocenters. The van der Waals surface area contributed by atoms with Crippen LogP contribution in [-0.4, -0.2) is 16.8 Å². The summed E-state index contributed by atoms with van der Waals surface area (Å²) in [5.74, 6) is -0.0550. The molecule has 1 aromatic rings. The Morgan fingerprint density at radius 1 is 1.24 bits per heavy atom. The fraction of sp³-hybridized carbons (Fsp3) is 0.417. The Balaban J connectivity index is 2.05. The van der Waals surface area contributed by atoms with Crippen molar-refractivity contribution in [2.45, 2.75) is 19.3 Å². The summed E-state index contributed by atoms with van der Waals surface area (Å²) < 4.78 is 0. The van der Waals surface area contributed by atoms with Crippen LogP contribution in [0.15, 0.2) is 18.3 Å². The number of amides is 2. The third-order valence-electron chi connectivity index (χ3n) is 3.60. The number of carbonyl (C=O) groups excluding carboxylic acids is 2. The molecule has 2 bridgehead atoms. The highest BCUT2D eigenvalue weighted by Gasteiger charge is 2.46. The van der Waals surface area contributed by atoms with Crippen LogP contribution >= 0.6 is 0 Å². The van der Waals surface area contributed by atoms with E-state index in [0.717, 1.165) is 12.8 Å². The van der Waals surface area contributed by atoms with Crippen molar-refractivity contribution in [2.75, 3.05) is 10.6 Å². The van der Waals surface area contributed by atoms with Crippen molar-refractivity contribution < 1.29 is 9.59 Å². The van der Waals surface area contributed by atoms with Gasteiger partial charge in [-0.15, -0.1) is 0 Å². The van der Waals surface area contributed by atoms with Crippen LogP contribution in [0.4, 0.5) is 11.5 Å². The fourth-order valence-electron chi connectivity index (χ4n) is 2.71. The first-order valence-electron chi connectivity index (χ1n) is 5.77. The number of anilines is 2. The lowest BCUT2D eigenvalue weighted by Gasteiger charge is -2.29. The summed E-state index contributed by atoms with van der Waals surface area (Å²) in [6.07, 6.45) is 3.85. The molecule has 1 aromatic heterocycles. The largest absolute Gasteiger partial charge is 0.396 e. The highest BCUT2D eigenvalue weighted by molar-refractivity contribution is 6.19. The van der Waals surface area contributed by atoms with E-state index in [1.807, 2.05) is 0 Å². The topological polar surface area (TPSA) is 76.3 Å². The summed E-state index contributed by atoms with van der Waals surface area (Å²) in [6, 6.07) is 3.34. The van der Waals surface area contributed by atoms with Crippen LogP contribution in [0.2, 0.25) is 0 Å². The van der Waals surface area contributed by atoms with E-state index in [9.17, 15) is 9.59 Å². The predicted molar refractivity (Wildman–Crippen MR) is 62.0 cm³/mol. The van der Waals surface area contributed by atoms with Crippen molar-refractivity contribution in [1.29, 1.82) is 0 Å². The van der Waals surface area contributed by atoms with Gasteiger partial charge >= 0.3 is 0 Å². The Hall–Kier alpha value is -1.91. The van der Waals surface area contributed by atoms with Crippen LogP contribution in [0.1, 0.15) is 19.3 Å². The summed E-state index contributed by atoms with van der Waals surface area (Å²) in [5, 5.41) is 0. The summed E-state index contributed by atoms with van der Waals surface area (Å²) in [7, 11) is 0. The first kappa shape index (κ1) is 10.3. The SMILES string of the molecule is Nc1cccnc1N1C(=O)C2CCC(C2)C1=O. The number of nitrogens with zero attached hydrogens (tertiary/aromatic N) is 2. The van der Waals surface area contributed by atoms with Crippen molar-refractivity contribution >= 4 is 23.3 Å². The summed E-state index contributed by atoms with van der Waals surface area (Å²) in [5.41, 5.74) is 6.15. The molecule has 1 aliphatic heterocycles. The van der Waals surface area contributed by atoms with Gasteiger partial charge in [-0.1, -0.05) is 0 Å². The molecule has 2 unspecified atom stereocenters. The second kappa shape index (κ2) is 3.55. The molecule has 1 aliphatic carbocycles. The maximum atomic E-state index is 12.2. The Morgan fingerprint density at radius 2 is 1.88 bits per heavy atom. The highest BCUT2D eigenvalue weighted by atomic mass is 16.2. The van der Waals surface area contributed by atoms with Gasteiger partial charge in [-0.05, 0) is 31.4 Å². The van der Waals surface area contributed by atoms with Gasteiger partial charge < -0.3 is 5.73 Å². The third-order valence-corrected chi connectivity index (χ3v) is 3.60. The molecule has 0 spiro atoms. The number of pyridine rings is 1. The molecule has 88 valence electrons. The molecule has 2 amide bonds. The van der Waals surface area contributed by atoms with Crippen molar-refractivity contribution in [1.82, 2.24) is 4.98 Å². The second-order valence-corrected chi connectivity index (χ2v) is 4.64. The van der Waals surface area contributed by atoms with E-state index in [4.69, 9.17) is 5.73 Å². The Morgan fingerprint density at radius 3 is 2.47 bits per heavy atom. The summed E-state index contributed by atoms with van der Waals surface area (Å²) >= 11 is 0. The standard InChI is InChI=1S/C12H13N3O2/c13-9-2-1-5-14-10(9)15-11(16)7-3-4-8(6-7)12(15)17/h1-2,5,7-8H,3-4,6,13H2. The molecule has 1 saturated heterocycles. The first-order valence-corrected chi connectivity index (χ1v) is 5.77. The lowest BCUT2D eigenvalue weighted by Crippen LogP contribution is -2.47. The lowest BCUT2D eigenvalue weighted by molar-refractivity contribution is -0.133. The second-order valence-electron chi connectivity index (χ2n) is 4.64. The van der Waals surface area contributed by atoms with Crippen molar-refractivity contribution in [3.63, 3.8) is 0 Å². The van der Waals surface area contributed by atoms with Crippen LogP contribution in [-0.2, 0) is 9.59 Å². The van der Waals surface area contributed by atoms with E-state index in [1.54, 1.807) is 18.3 Å². The fourth-order valence-corrected chi connectivity index (χ4v) is 2.71. The zero-order valence-electron chi connectivity index (χ0n) is 9.30. The molecule has 0 aromatic carbocycles. The smallest absolute Gasteiger partial charge is 0.238 e. The van der Waals surface area contributed by atoms with Crippen molar-refractivity contribution in [2.24, 2.45) is 11.8 Å². The summed E-state index contributed by atoms with van der Waals surface area (Å²) in [6.45, 7) is 0. The minimum absolute atomic E-state index is 0.0286. The van der Waals surface area contributed by atoms with Gasteiger partial charge in [0.05, 0.1) is 5.69 Å². The Bertz CT molecular complexity index is 478. The maximum Gasteiger partial charge on any atom is 0.238 e. The number of nitrogens with two attached hydrogens (primary N) is 1. The van der Waals surface area contributed by atoms with E-state index in [0.29, 0.717) is 17.9 Å². The van der Waals surface area contributed by atoms with Gasteiger partial charge in [0.25, 0.3) is 0 Å². The van der Waals surface area contributed by atoms with Crippen LogP contribution in [0.25, 0.3) is 0 Å². The van der Waals surface area contributed by atoms with Crippen LogP contribution in [0, 0.1) is 11.8 Å². The number of imide groups is 1. The molecule has 2 heterocycles. The molecule has 5 nitrogen and oxygen atoms in total. The molecule has 2 fully saturated rings. The van der Waals surface area contributed by atoms with Gasteiger partial charge in [-0.3, -0.25) is 9.59 Å². The van der Waals surface area contributed by atoms with Crippen molar-refractivity contribution in [3.8, 4) is 0 Å². The minimum atomic E-state index is -0.144. The molecule has 5 heteroatoms. The average molecular weight is 231 g/mol. The Kier molecular flexibility index (Phi) is 2.14. The zero-order chi connectivity index (χ0) is 12.0. The average Bonchev–Trinajstić information content (AvgIpc) is 2.76. The molecule has 17 heavy (non-hydrogen) atoms. The van der Waals surface area contributed by atoms with Gasteiger partial charge in [0.2, 0.25) is 11.8 Å². The first-order chi connectivity index (χ1) is 8.18. The normalized spacial score (nSPS) is 27.6. The van der Waals surface area contributed by atoms with Gasteiger partial charge in [0, 0.05) is 18.0 Å².